The number of benzene rings is 1. The van der Waals surface area contributed by atoms with Gasteiger partial charge in [-0.2, -0.15) is 0 Å². The summed E-state index contributed by atoms with van der Waals surface area (Å²) in [5.41, 5.74) is 0.977. The number of carbonyl (C=O) groups excluding carboxylic acids is 2. The summed E-state index contributed by atoms with van der Waals surface area (Å²) >= 11 is 0. The number of hydrogen-bond donors (Lipinski definition) is 2. The van der Waals surface area contributed by atoms with Gasteiger partial charge in [-0.1, -0.05) is 43.2 Å². The van der Waals surface area contributed by atoms with Crippen LogP contribution in [0.15, 0.2) is 30.3 Å². The third kappa shape index (κ3) is 9.49. The van der Waals surface area contributed by atoms with Gasteiger partial charge in [0.15, 0.2) is 0 Å². The standard InChI is InChI=1S/C16H24N2O3/c1-14(19)17-11-7-2-3-8-12-18-16(20)21-13-15-9-5-4-6-10-15/h4-6,9-10H,2-3,7-8,11-13H2,1H3,(H,17,19)(H,18,20). The zero-order chi connectivity index (χ0) is 15.3. The van der Waals surface area contributed by atoms with Crippen molar-refractivity contribution in [2.24, 2.45) is 0 Å². The Morgan fingerprint density at radius 3 is 2.19 bits per heavy atom. The van der Waals surface area contributed by atoms with E-state index in [2.05, 4.69) is 10.6 Å². The Hall–Kier alpha value is -2.04. The Morgan fingerprint density at radius 1 is 0.952 bits per heavy atom. The summed E-state index contributed by atoms with van der Waals surface area (Å²) in [5.74, 6) is 0.0119. The number of carbonyl (C=O) groups is 2. The highest BCUT2D eigenvalue weighted by molar-refractivity contribution is 5.72. The third-order valence-electron chi connectivity index (χ3n) is 2.96. The van der Waals surface area contributed by atoms with E-state index in [1.165, 1.54) is 6.92 Å². The molecule has 0 heterocycles. The second-order valence-electron chi connectivity index (χ2n) is 4.89. The molecule has 0 aromatic heterocycles. The van der Waals surface area contributed by atoms with Crippen molar-refractivity contribution in [3.63, 3.8) is 0 Å². The van der Waals surface area contributed by atoms with Gasteiger partial charge in [0.05, 0.1) is 0 Å². The molecule has 0 spiro atoms. The van der Waals surface area contributed by atoms with Crippen LogP contribution in [0.1, 0.15) is 38.2 Å². The average molecular weight is 292 g/mol. The summed E-state index contributed by atoms with van der Waals surface area (Å²) < 4.78 is 5.10. The SMILES string of the molecule is CC(=O)NCCCCCCNC(=O)OCc1ccccc1. The van der Waals surface area contributed by atoms with Gasteiger partial charge in [-0.25, -0.2) is 4.79 Å². The summed E-state index contributed by atoms with van der Waals surface area (Å²) in [6, 6.07) is 9.59. The predicted molar refractivity (Wildman–Crippen MR) is 81.8 cm³/mol. The van der Waals surface area contributed by atoms with Crippen molar-refractivity contribution in [3.05, 3.63) is 35.9 Å². The normalized spacial score (nSPS) is 9.95. The fourth-order valence-corrected chi connectivity index (χ4v) is 1.83. The van der Waals surface area contributed by atoms with Gasteiger partial charge in [-0.05, 0) is 18.4 Å². The van der Waals surface area contributed by atoms with Crippen LogP contribution in [0.25, 0.3) is 0 Å². The number of ether oxygens (including phenoxy) is 1. The van der Waals surface area contributed by atoms with Crippen LogP contribution in [0.5, 0.6) is 0 Å². The van der Waals surface area contributed by atoms with Gasteiger partial charge in [0, 0.05) is 20.0 Å². The molecule has 2 N–H and O–H groups in total. The van der Waals surface area contributed by atoms with Crippen molar-refractivity contribution >= 4 is 12.0 Å². The summed E-state index contributed by atoms with van der Waals surface area (Å²) in [7, 11) is 0. The van der Waals surface area contributed by atoms with Crippen LogP contribution in [0.3, 0.4) is 0 Å². The molecule has 0 saturated carbocycles. The summed E-state index contributed by atoms with van der Waals surface area (Å²) in [5, 5.41) is 5.49. The molecular formula is C16H24N2O3. The highest BCUT2D eigenvalue weighted by Crippen LogP contribution is 2.01. The monoisotopic (exact) mass is 292 g/mol. The number of alkyl carbamates (subject to hydrolysis) is 1. The van der Waals surface area contributed by atoms with E-state index in [9.17, 15) is 9.59 Å². The number of unbranched alkanes of at least 4 members (excludes halogenated alkanes) is 3. The number of nitrogens with one attached hydrogen (secondary N) is 2. The third-order valence-corrected chi connectivity index (χ3v) is 2.96. The van der Waals surface area contributed by atoms with E-state index >= 15 is 0 Å². The molecule has 0 saturated heterocycles. The molecule has 0 bridgehead atoms. The topological polar surface area (TPSA) is 67.4 Å². The van der Waals surface area contributed by atoms with E-state index in [4.69, 9.17) is 4.74 Å². The Labute approximate surface area is 126 Å². The van der Waals surface area contributed by atoms with E-state index in [-0.39, 0.29) is 12.0 Å². The van der Waals surface area contributed by atoms with Gasteiger partial charge in [0.2, 0.25) is 5.91 Å². The Bertz CT molecular complexity index is 421. The predicted octanol–water partition coefficient (Wildman–Crippen LogP) is 2.61. The van der Waals surface area contributed by atoms with Crippen LogP contribution >= 0.6 is 0 Å². The molecule has 1 rings (SSSR count). The fraction of sp³-hybridized carbons (Fsp3) is 0.500. The maximum atomic E-state index is 11.4. The smallest absolute Gasteiger partial charge is 0.407 e. The van der Waals surface area contributed by atoms with E-state index in [1.807, 2.05) is 30.3 Å². The minimum absolute atomic E-state index is 0.0119. The molecule has 0 fully saturated rings. The summed E-state index contributed by atoms with van der Waals surface area (Å²) in [6.45, 7) is 3.16. The Kier molecular flexibility index (Phi) is 8.68. The lowest BCUT2D eigenvalue weighted by Crippen LogP contribution is -2.25. The zero-order valence-electron chi connectivity index (χ0n) is 12.6. The molecule has 0 unspecified atom stereocenters. The molecular weight excluding hydrogens is 268 g/mol. The minimum atomic E-state index is -0.378. The molecule has 116 valence electrons. The minimum Gasteiger partial charge on any atom is -0.445 e. The van der Waals surface area contributed by atoms with Gasteiger partial charge in [-0.15, -0.1) is 0 Å². The summed E-state index contributed by atoms with van der Waals surface area (Å²) in [6.07, 6.45) is 3.58. The van der Waals surface area contributed by atoms with Gasteiger partial charge in [0.1, 0.15) is 6.61 Å². The Balaban J connectivity index is 1.93. The molecule has 0 radical (unpaired) electrons. The fourth-order valence-electron chi connectivity index (χ4n) is 1.83. The highest BCUT2D eigenvalue weighted by Gasteiger charge is 2.01. The van der Waals surface area contributed by atoms with E-state index in [0.717, 1.165) is 37.8 Å². The quantitative estimate of drug-likeness (QED) is 0.687. The van der Waals surface area contributed by atoms with Crippen LogP contribution < -0.4 is 10.6 Å². The molecule has 5 heteroatoms. The second kappa shape index (κ2) is 10.7. The van der Waals surface area contributed by atoms with E-state index in [0.29, 0.717) is 13.2 Å². The maximum Gasteiger partial charge on any atom is 0.407 e. The second-order valence-corrected chi connectivity index (χ2v) is 4.89. The van der Waals surface area contributed by atoms with Crippen molar-refractivity contribution in [2.45, 2.75) is 39.2 Å². The van der Waals surface area contributed by atoms with E-state index in [1.54, 1.807) is 0 Å². The largest absolute Gasteiger partial charge is 0.445 e. The maximum absolute atomic E-state index is 11.4. The molecule has 0 atom stereocenters. The average Bonchev–Trinajstić information content (AvgIpc) is 2.48. The first kappa shape index (κ1) is 17.0. The lowest BCUT2D eigenvalue weighted by molar-refractivity contribution is -0.118. The number of rotatable bonds is 9. The first-order valence-corrected chi connectivity index (χ1v) is 7.37. The summed E-state index contributed by atoms with van der Waals surface area (Å²) in [4.78, 5) is 22.1. The molecule has 5 nitrogen and oxygen atoms in total. The van der Waals surface area contributed by atoms with Crippen LogP contribution in [0, 0.1) is 0 Å². The molecule has 2 amide bonds. The van der Waals surface area contributed by atoms with Crippen LogP contribution in [0.2, 0.25) is 0 Å². The van der Waals surface area contributed by atoms with E-state index < -0.39 is 0 Å². The lowest BCUT2D eigenvalue weighted by Gasteiger charge is -2.07. The molecule has 0 aliphatic rings. The van der Waals surface area contributed by atoms with Crippen LogP contribution in [-0.2, 0) is 16.1 Å². The van der Waals surface area contributed by atoms with Gasteiger partial charge in [-0.3, -0.25) is 4.79 Å². The first-order valence-electron chi connectivity index (χ1n) is 7.37. The highest BCUT2D eigenvalue weighted by atomic mass is 16.5. The zero-order valence-corrected chi connectivity index (χ0v) is 12.6. The van der Waals surface area contributed by atoms with Gasteiger partial charge in [0.25, 0.3) is 0 Å². The van der Waals surface area contributed by atoms with Crippen LogP contribution in [0.4, 0.5) is 4.79 Å². The molecule has 21 heavy (non-hydrogen) atoms. The van der Waals surface area contributed by atoms with Gasteiger partial charge < -0.3 is 15.4 Å². The Morgan fingerprint density at radius 2 is 1.57 bits per heavy atom. The number of amides is 2. The first-order chi connectivity index (χ1) is 10.2. The molecule has 0 aliphatic heterocycles. The van der Waals surface area contributed by atoms with Crippen molar-refractivity contribution in [3.8, 4) is 0 Å². The molecule has 0 aliphatic carbocycles. The lowest BCUT2D eigenvalue weighted by atomic mass is 10.2. The molecule has 1 aromatic rings. The van der Waals surface area contributed by atoms with Crippen molar-refractivity contribution in [1.29, 1.82) is 0 Å². The van der Waals surface area contributed by atoms with Crippen molar-refractivity contribution in [1.82, 2.24) is 10.6 Å². The van der Waals surface area contributed by atoms with Crippen LogP contribution in [-0.4, -0.2) is 25.1 Å². The van der Waals surface area contributed by atoms with Gasteiger partial charge >= 0.3 is 6.09 Å². The molecule has 1 aromatic carbocycles. The number of hydrogen-bond acceptors (Lipinski definition) is 3. The van der Waals surface area contributed by atoms with Crippen molar-refractivity contribution in [2.75, 3.05) is 13.1 Å². The van der Waals surface area contributed by atoms with Crippen molar-refractivity contribution < 1.29 is 14.3 Å².